The normalized spacial score (nSPS) is 14.3. The summed E-state index contributed by atoms with van der Waals surface area (Å²) in [7, 11) is 0. The van der Waals surface area contributed by atoms with E-state index in [-0.39, 0.29) is 18.6 Å². The second-order valence-corrected chi connectivity index (χ2v) is 6.35. The van der Waals surface area contributed by atoms with Crippen molar-refractivity contribution in [3.05, 3.63) is 59.5 Å². The van der Waals surface area contributed by atoms with Crippen LogP contribution in [0.3, 0.4) is 0 Å². The van der Waals surface area contributed by atoms with Gasteiger partial charge in [-0.3, -0.25) is 9.20 Å². The Kier molecular flexibility index (Phi) is 4.09. The van der Waals surface area contributed by atoms with Gasteiger partial charge in [0.2, 0.25) is 0 Å². The number of aryl methyl sites for hydroxylation is 2. The Labute approximate surface area is 145 Å². The smallest absolute Gasteiger partial charge is 0.258 e. The van der Waals surface area contributed by atoms with E-state index in [0.29, 0.717) is 5.82 Å². The molecule has 1 aliphatic carbocycles. The SMILES string of the molecule is C[C@H](NC(=O)COc1ccc2c(c1)CCC2)c1nnc2ccccn12. The molecule has 1 aromatic carbocycles. The summed E-state index contributed by atoms with van der Waals surface area (Å²) in [6.45, 7) is 1.87. The van der Waals surface area contributed by atoms with Crippen LogP contribution in [-0.4, -0.2) is 27.1 Å². The molecule has 0 saturated carbocycles. The summed E-state index contributed by atoms with van der Waals surface area (Å²) in [5, 5.41) is 11.2. The maximum atomic E-state index is 12.2. The lowest BCUT2D eigenvalue weighted by Crippen LogP contribution is -2.32. The van der Waals surface area contributed by atoms with Gasteiger partial charge in [-0.2, -0.15) is 0 Å². The van der Waals surface area contributed by atoms with Crippen molar-refractivity contribution in [1.29, 1.82) is 0 Å². The highest BCUT2D eigenvalue weighted by Crippen LogP contribution is 2.26. The van der Waals surface area contributed by atoms with Crippen LogP contribution in [0.4, 0.5) is 0 Å². The number of rotatable bonds is 5. The van der Waals surface area contributed by atoms with Crippen molar-refractivity contribution in [3.63, 3.8) is 0 Å². The third kappa shape index (κ3) is 3.20. The van der Waals surface area contributed by atoms with Crippen LogP contribution in [-0.2, 0) is 17.6 Å². The summed E-state index contributed by atoms with van der Waals surface area (Å²) in [6.07, 6.45) is 5.31. The van der Waals surface area contributed by atoms with Crippen molar-refractivity contribution in [3.8, 4) is 5.75 Å². The zero-order valence-electron chi connectivity index (χ0n) is 14.1. The van der Waals surface area contributed by atoms with Crippen LogP contribution in [0.25, 0.3) is 5.65 Å². The van der Waals surface area contributed by atoms with Crippen LogP contribution < -0.4 is 10.1 Å². The van der Waals surface area contributed by atoms with E-state index in [0.717, 1.165) is 24.2 Å². The maximum Gasteiger partial charge on any atom is 0.258 e. The molecule has 1 amide bonds. The van der Waals surface area contributed by atoms with E-state index in [1.54, 1.807) is 0 Å². The molecule has 2 aromatic heterocycles. The molecule has 0 unspecified atom stereocenters. The standard InChI is InChI=1S/C19H20N4O2/c1-13(19-22-21-17-7-2-3-10-23(17)19)20-18(24)12-25-16-9-8-14-5-4-6-15(14)11-16/h2-3,7-11,13H,4-6,12H2,1H3,(H,20,24)/t13-/m0/s1. The Balaban J connectivity index is 1.37. The van der Waals surface area contributed by atoms with Crippen LogP contribution in [0, 0.1) is 0 Å². The van der Waals surface area contributed by atoms with Crippen molar-refractivity contribution >= 4 is 11.6 Å². The minimum absolute atomic E-state index is 0.0140. The van der Waals surface area contributed by atoms with E-state index in [1.807, 2.05) is 47.9 Å². The Morgan fingerprint density at radius 2 is 2.12 bits per heavy atom. The molecule has 6 nitrogen and oxygen atoms in total. The number of hydrogen-bond donors (Lipinski definition) is 1. The molecule has 1 N–H and O–H groups in total. The molecule has 1 atom stereocenters. The molecule has 0 fully saturated rings. The van der Waals surface area contributed by atoms with Crippen molar-refractivity contribution in [2.45, 2.75) is 32.2 Å². The Hall–Kier alpha value is -2.89. The molecule has 3 aromatic rings. The van der Waals surface area contributed by atoms with Crippen molar-refractivity contribution < 1.29 is 9.53 Å². The molecular weight excluding hydrogens is 316 g/mol. The van der Waals surface area contributed by atoms with Gasteiger partial charge in [-0.05, 0) is 61.6 Å². The lowest BCUT2D eigenvalue weighted by molar-refractivity contribution is -0.123. The summed E-state index contributed by atoms with van der Waals surface area (Å²) in [5.41, 5.74) is 3.48. The number of nitrogens with zero attached hydrogens (tertiary/aromatic N) is 3. The van der Waals surface area contributed by atoms with Gasteiger partial charge in [0.25, 0.3) is 5.91 Å². The van der Waals surface area contributed by atoms with Crippen molar-refractivity contribution in [1.82, 2.24) is 19.9 Å². The Morgan fingerprint density at radius 3 is 3.04 bits per heavy atom. The first-order valence-electron chi connectivity index (χ1n) is 8.54. The molecule has 0 radical (unpaired) electrons. The first kappa shape index (κ1) is 15.6. The number of amides is 1. The topological polar surface area (TPSA) is 68.5 Å². The number of ether oxygens (including phenoxy) is 1. The first-order chi connectivity index (χ1) is 12.2. The molecule has 1 aliphatic rings. The zero-order chi connectivity index (χ0) is 17.2. The molecule has 4 rings (SSSR count). The third-order valence-electron chi connectivity index (χ3n) is 4.54. The van der Waals surface area contributed by atoms with Gasteiger partial charge in [0.1, 0.15) is 5.75 Å². The van der Waals surface area contributed by atoms with Crippen molar-refractivity contribution in [2.24, 2.45) is 0 Å². The van der Waals surface area contributed by atoms with Gasteiger partial charge in [0, 0.05) is 6.20 Å². The van der Waals surface area contributed by atoms with Gasteiger partial charge < -0.3 is 10.1 Å². The molecule has 2 heterocycles. The van der Waals surface area contributed by atoms with Gasteiger partial charge >= 0.3 is 0 Å². The molecular formula is C19H20N4O2. The lowest BCUT2D eigenvalue weighted by Gasteiger charge is -2.13. The van der Waals surface area contributed by atoms with Crippen LogP contribution in [0.1, 0.15) is 36.3 Å². The molecule has 6 heteroatoms. The van der Waals surface area contributed by atoms with Gasteiger partial charge in [-0.1, -0.05) is 12.1 Å². The number of benzene rings is 1. The predicted molar refractivity (Wildman–Crippen MR) is 93.5 cm³/mol. The van der Waals surface area contributed by atoms with Gasteiger partial charge in [0.15, 0.2) is 18.1 Å². The van der Waals surface area contributed by atoms with Crippen molar-refractivity contribution in [2.75, 3.05) is 6.61 Å². The number of carbonyl (C=O) groups excluding carboxylic acids is 1. The van der Waals surface area contributed by atoms with E-state index in [4.69, 9.17) is 4.74 Å². The quantitative estimate of drug-likeness (QED) is 0.777. The Bertz CT molecular complexity index is 919. The number of pyridine rings is 1. The minimum Gasteiger partial charge on any atom is -0.484 e. The van der Waals surface area contributed by atoms with Gasteiger partial charge in [-0.15, -0.1) is 10.2 Å². The fourth-order valence-corrected chi connectivity index (χ4v) is 3.29. The molecule has 25 heavy (non-hydrogen) atoms. The van der Waals surface area contributed by atoms with Crippen LogP contribution in [0.2, 0.25) is 0 Å². The second kappa shape index (κ2) is 6.55. The van der Waals surface area contributed by atoms with E-state index >= 15 is 0 Å². The van der Waals surface area contributed by atoms with E-state index in [2.05, 4.69) is 21.6 Å². The fraction of sp³-hybridized carbons (Fsp3) is 0.316. The predicted octanol–water partition coefficient (Wildman–Crippen LogP) is 2.47. The van der Waals surface area contributed by atoms with E-state index in [9.17, 15) is 4.79 Å². The van der Waals surface area contributed by atoms with E-state index < -0.39 is 0 Å². The molecule has 0 bridgehead atoms. The first-order valence-corrected chi connectivity index (χ1v) is 8.54. The highest BCUT2D eigenvalue weighted by molar-refractivity contribution is 5.77. The lowest BCUT2D eigenvalue weighted by atomic mass is 10.1. The number of carbonyl (C=O) groups is 1. The highest BCUT2D eigenvalue weighted by atomic mass is 16.5. The zero-order valence-corrected chi connectivity index (χ0v) is 14.1. The molecule has 128 valence electrons. The molecule has 0 spiro atoms. The second-order valence-electron chi connectivity index (χ2n) is 6.35. The summed E-state index contributed by atoms with van der Waals surface area (Å²) in [4.78, 5) is 12.2. The fourth-order valence-electron chi connectivity index (χ4n) is 3.29. The average molecular weight is 336 g/mol. The monoisotopic (exact) mass is 336 g/mol. The van der Waals surface area contributed by atoms with Gasteiger partial charge in [-0.25, -0.2) is 0 Å². The molecule has 0 saturated heterocycles. The molecule has 0 aliphatic heterocycles. The van der Waals surface area contributed by atoms with Gasteiger partial charge in [0.05, 0.1) is 6.04 Å². The Morgan fingerprint density at radius 1 is 1.24 bits per heavy atom. The highest BCUT2D eigenvalue weighted by Gasteiger charge is 2.16. The maximum absolute atomic E-state index is 12.2. The van der Waals surface area contributed by atoms with Crippen LogP contribution >= 0.6 is 0 Å². The largest absolute Gasteiger partial charge is 0.484 e. The van der Waals surface area contributed by atoms with Crippen LogP contribution in [0.5, 0.6) is 5.75 Å². The summed E-state index contributed by atoms with van der Waals surface area (Å²) in [6, 6.07) is 11.5. The third-order valence-corrected chi connectivity index (χ3v) is 4.54. The number of nitrogens with one attached hydrogen (secondary N) is 1. The number of fused-ring (bicyclic) bond motifs is 2. The van der Waals surface area contributed by atoms with E-state index in [1.165, 1.54) is 17.5 Å². The number of hydrogen-bond acceptors (Lipinski definition) is 4. The summed E-state index contributed by atoms with van der Waals surface area (Å²) in [5.74, 6) is 1.26. The number of aromatic nitrogens is 3. The summed E-state index contributed by atoms with van der Waals surface area (Å²) < 4.78 is 7.51. The van der Waals surface area contributed by atoms with Crippen LogP contribution in [0.15, 0.2) is 42.6 Å². The minimum atomic E-state index is -0.256. The average Bonchev–Trinajstić information content (AvgIpc) is 3.26. The summed E-state index contributed by atoms with van der Waals surface area (Å²) >= 11 is 0.